The molecular weight excluding hydrogens is 284 g/mol. The predicted molar refractivity (Wildman–Crippen MR) is 83.7 cm³/mol. The van der Waals surface area contributed by atoms with Crippen LogP contribution in [0.3, 0.4) is 0 Å². The lowest BCUT2D eigenvalue weighted by Crippen LogP contribution is -2.29. The topological polar surface area (TPSA) is 63.4 Å². The lowest BCUT2D eigenvalue weighted by molar-refractivity contribution is 0.592. The normalized spacial score (nSPS) is 15.8. The molecule has 5 heteroatoms. The quantitative estimate of drug-likeness (QED) is 0.947. The summed E-state index contributed by atoms with van der Waals surface area (Å²) in [7, 11) is -3.50. The first-order chi connectivity index (χ1) is 10.00. The lowest BCUT2D eigenvalue weighted by atomic mass is 10.1. The summed E-state index contributed by atoms with van der Waals surface area (Å²) in [5.41, 5.74) is 8.59. The van der Waals surface area contributed by atoms with Gasteiger partial charge in [0.1, 0.15) is 0 Å². The SMILES string of the molecule is CC(N)c1ccc(S(=O)(=O)N2CCc3ccccc32)cc1. The first kappa shape index (κ1) is 14.1. The van der Waals surface area contributed by atoms with Gasteiger partial charge in [0.15, 0.2) is 0 Å². The Hall–Kier alpha value is -1.85. The van der Waals surface area contributed by atoms with E-state index >= 15 is 0 Å². The Bertz CT molecular complexity index is 752. The Morgan fingerprint density at radius 1 is 1.10 bits per heavy atom. The molecule has 1 heterocycles. The van der Waals surface area contributed by atoms with Crippen LogP contribution in [0.1, 0.15) is 24.1 Å². The third kappa shape index (κ3) is 2.43. The minimum Gasteiger partial charge on any atom is -0.324 e. The van der Waals surface area contributed by atoms with Crippen LogP contribution < -0.4 is 10.0 Å². The molecule has 1 atom stereocenters. The van der Waals surface area contributed by atoms with Crippen molar-refractivity contribution in [1.82, 2.24) is 0 Å². The lowest BCUT2D eigenvalue weighted by Gasteiger charge is -2.20. The van der Waals surface area contributed by atoms with E-state index in [-0.39, 0.29) is 6.04 Å². The van der Waals surface area contributed by atoms with Crippen molar-refractivity contribution in [3.8, 4) is 0 Å². The molecule has 0 aromatic heterocycles. The maximum atomic E-state index is 12.8. The zero-order valence-corrected chi connectivity index (χ0v) is 12.7. The van der Waals surface area contributed by atoms with Crippen LogP contribution in [0.5, 0.6) is 0 Å². The Kier molecular flexibility index (Phi) is 3.47. The smallest absolute Gasteiger partial charge is 0.264 e. The average molecular weight is 302 g/mol. The summed E-state index contributed by atoms with van der Waals surface area (Å²) in [6.07, 6.45) is 0.757. The molecule has 2 aromatic carbocycles. The average Bonchev–Trinajstić information content (AvgIpc) is 2.92. The Labute approximate surface area is 125 Å². The number of nitrogens with zero attached hydrogens (tertiary/aromatic N) is 1. The van der Waals surface area contributed by atoms with E-state index < -0.39 is 10.0 Å². The van der Waals surface area contributed by atoms with Gasteiger partial charge in [-0.1, -0.05) is 30.3 Å². The molecule has 0 saturated heterocycles. The summed E-state index contributed by atoms with van der Waals surface area (Å²) in [4.78, 5) is 0.309. The zero-order valence-electron chi connectivity index (χ0n) is 11.9. The van der Waals surface area contributed by atoms with Crippen LogP contribution >= 0.6 is 0 Å². The largest absolute Gasteiger partial charge is 0.324 e. The Morgan fingerprint density at radius 2 is 1.76 bits per heavy atom. The minimum atomic E-state index is -3.50. The molecule has 0 saturated carbocycles. The van der Waals surface area contributed by atoms with Gasteiger partial charge in [-0.2, -0.15) is 0 Å². The van der Waals surface area contributed by atoms with Crippen LogP contribution in [-0.4, -0.2) is 15.0 Å². The molecule has 0 bridgehead atoms. The highest BCUT2D eigenvalue weighted by molar-refractivity contribution is 7.92. The second-order valence-corrected chi connectivity index (χ2v) is 7.18. The molecular formula is C16H18N2O2S. The maximum absolute atomic E-state index is 12.8. The second kappa shape index (κ2) is 5.16. The van der Waals surface area contributed by atoms with Gasteiger partial charge < -0.3 is 5.73 Å². The van der Waals surface area contributed by atoms with Crippen molar-refractivity contribution >= 4 is 15.7 Å². The van der Waals surface area contributed by atoms with Crippen LogP contribution in [0.15, 0.2) is 53.4 Å². The first-order valence-electron chi connectivity index (χ1n) is 6.96. The van der Waals surface area contributed by atoms with E-state index in [0.717, 1.165) is 23.2 Å². The van der Waals surface area contributed by atoms with Crippen LogP contribution in [0.4, 0.5) is 5.69 Å². The summed E-state index contributed by atoms with van der Waals surface area (Å²) >= 11 is 0. The van der Waals surface area contributed by atoms with Gasteiger partial charge in [0.25, 0.3) is 10.0 Å². The molecule has 21 heavy (non-hydrogen) atoms. The summed E-state index contributed by atoms with van der Waals surface area (Å²) in [6.45, 7) is 2.37. The number of benzene rings is 2. The minimum absolute atomic E-state index is 0.103. The van der Waals surface area contributed by atoms with Gasteiger partial charge in [-0.25, -0.2) is 8.42 Å². The number of sulfonamides is 1. The van der Waals surface area contributed by atoms with Crippen molar-refractivity contribution in [3.05, 3.63) is 59.7 Å². The van der Waals surface area contributed by atoms with Crippen molar-refractivity contribution in [1.29, 1.82) is 0 Å². The van der Waals surface area contributed by atoms with Crippen molar-refractivity contribution in [3.63, 3.8) is 0 Å². The fourth-order valence-electron chi connectivity index (χ4n) is 2.63. The third-order valence-electron chi connectivity index (χ3n) is 3.84. The Morgan fingerprint density at radius 3 is 2.43 bits per heavy atom. The van der Waals surface area contributed by atoms with Crippen molar-refractivity contribution in [2.24, 2.45) is 5.73 Å². The van der Waals surface area contributed by atoms with Gasteiger partial charge in [-0.15, -0.1) is 0 Å². The number of hydrogen-bond acceptors (Lipinski definition) is 3. The molecule has 3 rings (SSSR count). The highest BCUT2D eigenvalue weighted by Gasteiger charge is 2.30. The monoisotopic (exact) mass is 302 g/mol. The van der Waals surface area contributed by atoms with E-state index in [1.165, 1.54) is 4.31 Å². The van der Waals surface area contributed by atoms with E-state index in [9.17, 15) is 8.42 Å². The van der Waals surface area contributed by atoms with E-state index in [1.54, 1.807) is 24.3 Å². The molecule has 1 aliphatic rings. The van der Waals surface area contributed by atoms with E-state index in [4.69, 9.17) is 5.73 Å². The first-order valence-corrected chi connectivity index (χ1v) is 8.40. The fourth-order valence-corrected chi connectivity index (χ4v) is 4.13. The summed E-state index contributed by atoms with van der Waals surface area (Å²) in [5, 5.41) is 0. The fraction of sp³-hybridized carbons (Fsp3) is 0.250. The number of nitrogens with two attached hydrogens (primary N) is 1. The highest BCUT2D eigenvalue weighted by atomic mass is 32.2. The molecule has 2 N–H and O–H groups in total. The number of fused-ring (bicyclic) bond motifs is 1. The summed E-state index contributed by atoms with van der Waals surface area (Å²) in [5.74, 6) is 0. The van der Waals surface area contributed by atoms with Crippen molar-refractivity contribution in [2.45, 2.75) is 24.3 Å². The van der Waals surface area contributed by atoms with Gasteiger partial charge in [0.2, 0.25) is 0 Å². The molecule has 0 aliphatic carbocycles. The zero-order chi connectivity index (χ0) is 15.0. The predicted octanol–water partition coefficient (Wildman–Crippen LogP) is 2.46. The molecule has 1 aliphatic heterocycles. The van der Waals surface area contributed by atoms with Crippen LogP contribution in [0, 0.1) is 0 Å². The van der Waals surface area contributed by atoms with Gasteiger partial charge in [-0.05, 0) is 42.7 Å². The molecule has 1 unspecified atom stereocenters. The van der Waals surface area contributed by atoms with Crippen LogP contribution in [0.2, 0.25) is 0 Å². The van der Waals surface area contributed by atoms with E-state index in [1.807, 2.05) is 31.2 Å². The van der Waals surface area contributed by atoms with Crippen molar-refractivity contribution in [2.75, 3.05) is 10.8 Å². The van der Waals surface area contributed by atoms with Gasteiger partial charge in [0, 0.05) is 12.6 Å². The molecule has 4 nitrogen and oxygen atoms in total. The van der Waals surface area contributed by atoms with Crippen LogP contribution in [-0.2, 0) is 16.4 Å². The number of para-hydroxylation sites is 1. The molecule has 0 spiro atoms. The molecule has 2 aromatic rings. The molecule has 0 radical (unpaired) electrons. The van der Waals surface area contributed by atoms with E-state index in [2.05, 4.69) is 0 Å². The number of rotatable bonds is 3. The molecule has 0 amide bonds. The standard InChI is InChI=1S/C16H18N2O2S/c1-12(17)13-6-8-15(9-7-13)21(19,20)18-11-10-14-4-2-3-5-16(14)18/h2-9,12H,10-11,17H2,1H3. The highest BCUT2D eigenvalue weighted by Crippen LogP contribution is 2.32. The number of anilines is 1. The van der Waals surface area contributed by atoms with Gasteiger partial charge >= 0.3 is 0 Å². The summed E-state index contributed by atoms with van der Waals surface area (Å²) in [6, 6.07) is 14.4. The second-order valence-electron chi connectivity index (χ2n) is 5.31. The maximum Gasteiger partial charge on any atom is 0.264 e. The van der Waals surface area contributed by atoms with E-state index in [0.29, 0.717) is 11.4 Å². The Balaban J connectivity index is 1.98. The molecule has 0 fully saturated rings. The third-order valence-corrected chi connectivity index (χ3v) is 5.67. The van der Waals surface area contributed by atoms with Crippen LogP contribution in [0.25, 0.3) is 0 Å². The van der Waals surface area contributed by atoms with Crippen molar-refractivity contribution < 1.29 is 8.42 Å². The molecule has 110 valence electrons. The van der Waals surface area contributed by atoms with Gasteiger partial charge in [0.05, 0.1) is 10.6 Å². The summed E-state index contributed by atoms with van der Waals surface area (Å²) < 4.78 is 27.0. The number of hydrogen-bond donors (Lipinski definition) is 1. The van der Waals surface area contributed by atoms with Gasteiger partial charge in [-0.3, -0.25) is 4.31 Å².